The van der Waals surface area contributed by atoms with Gasteiger partial charge in [0.15, 0.2) is 5.82 Å². The summed E-state index contributed by atoms with van der Waals surface area (Å²) in [5.41, 5.74) is 4.97. The molecule has 3 aromatic rings. The summed E-state index contributed by atoms with van der Waals surface area (Å²) < 4.78 is 5.40. The largest absolute Gasteiger partial charge is 0.332 e. The summed E-state index contributed by atoms with van der Waals surface area (Å²) in [6.07, 6.45) is 0.742. The van der Waals surface area contributed by atoms with Gasteiger partial charge in [-0.1, -0.05) is 30.3 Å². The van der Waals surface area contributed by atoms with Gasteiger partial charge >= 0.3 is 0 Å². The van der Waals surface area contributed by atoms with Gasteiger partial charge in [0, 0.05) is 22.1 Å². The summed E-state index contributed by atoms with van der Waals surface area (Å²) in [7, 11) is 0. The van der Waals surface area contributed by atoms with Crippen LogP contribution in [0.3, 0.4) is 0 Å². The number of rotatable bonds is 2. The molecule has 0 aliphatic carbocycles. The van der Waals surface area contributed by atoms with Gasteiger partial charge in [0.05, 0.1) is 16.7 Å². The van der Waals surface area contributed by atoms with Crippen LogP contribution in [0.5, 0.6) is 0 Å². The lowest BCUT2D eigenvalue weighted by atomic mass is 10.0. The molecule has 122 valence electrons. The number of fused-ring (bicyclic) bond motifs is 3. The molecule has 0 saturated carbocycles. The highest BCUT2D eigenvalue weighted by Crippen LogP contribution is 2.29. The summed E-state index contributed by atoms with van der Waals surface area (Å²) in [6.45, 7) is 6.17. The Balaban J connectivity index is 1.82. The topological polar surface area (TPSA) is 63.6 Å². The van der Waals surface area contributed by atoms with Crippen LogP contribution in [-0.2, 0) is 6.42 Å². The Morgan fingerprint density at radius 3 is 2.68 bits per heavy atom. The monoisotopic (exact) mass is 328 g/mol. The number of hydrogen-bond donors (Lipinski definition) is 0. The summed E-state index contributed by atoms with van der Waals surface area (Å²) >= 11 is 0. The van der Waals surface area contributed by atoms with Crippen molar-refractivity contribution in [3.05, 3.63) is 68.6 Å². The second kappa shape index (κ2) is 4.96. The fourth-order valence-electron chi connectivity index (χ4n) is 3.64. The van der Waals surface area contributed by atoms with Crippen molar-refractivity contribution in [2.75, 3.05) is 0 Å². The third-order valence-electron chi connectivity index (χ3n) is 4.90. The highest BCUT2D eigenvalue weighted by atomic mass is 16.5. The molecule has 25 heavy (non-hydrogen) atoms. The summed E-state index contributed by atoms with van der Waals surface area (Å²) in [5.74, 6) is 1.19. The van der Waals surface area contributed by atoms with Crippen molar-refractivity contribution in [3.63, 3.8) is 0 Å². The molecular formula is C20H16N4O. The Morgan fingerprint density at radius 1 is 1.04 bits per heavy atom. The van der Waals surface area contributed by atoms with E-state index in [-0.39, 0.29) is 0 Å². The van der Waals surface area contributed by atoms with Crippen LogP contribution in [0.2, 0.25) is 0 Å². The van der Waals surface area contributed by atoms with Crippen LogP contribution in [0.15, 0.2) is 44.8 Å². The van der Waals surface area contributed by atoms with Gasteiger partial charge in [0.1, 0.15) is 5.71 Å². The molecule has 0 amide bonds. The molecule has 0 saturated heterocycles. The fraction of sp³-hybridized carbons (Fsp3) is 0.200. The van der Waals surface area contributed by atoms with Gasteiger partial charge in [-0.25, -0.2) is 9.98 Å². The predicted molar refractivity (Wildman–Crippen MR) is 94.7 cm³/mol. The lowest BCUT2D eigenvalue weighted by Gasteiger charge is -2.02. The average molecular weight is 328 g/mol. The fourth-order valence-corrected chi connectivity index (χ4v) is 3.64. The Labute approximate surface area is 143 Å². The van der Waals surface area contributed by atoms with Crippen LogP contribution in [-0.4, -0.2) is 15.9 Å². The van der Waals surface area contributed by atoms with Crippen LogP contribution in [0.4, 0.5) is 11.4 Å². The zero-order valence-electron chi connectivity index (χ0n) is 14.3. The van der Waals surface area contributed by atoms with E-state index in [4.69, 9.17) is 14.5 Å². The minimum absolute atomic E-state index is 0.488. The van der Waals surface area contributed by atoms with Gasteiger partial charge in [-0.15, -0.1) is 0 Å². The van der Waals surface area contributed by atoms with E-state index in [0.717, 1.165) is 55.7 Å². The number of aliphatic imine (C=N–C) groups is 1. The minimum Gasteiger partial charge on any atom is -0.332 e. The minimum atomic E-state index is 0.488. The summed E-state index contributed by atoms with van der Waals surface area (Å²) in [5, 5.41) is 8.45. The molecule has 0 atom stereocenters. The molecule has 5 nitrogen and oxygen atoms in total. The number of nitrogens with zero attached hydrogens (tertiary/aromatic N) is 4. The van der Waals surface area contributed by atoms with Crippen LogP contribution < -0.4 is 10.6 Å². The van der Waals surface area contributed by atoms with E-state index in [1.165, 1.54) is 0 Å². The Morgan fingerprint density at radius 2 is 1.88 bits per heavy atom. The molecule has 5 heteroatoms. The van der Waals surface area contributed by atoms with Crippen LogP contribution >= 0.6 is 0 Å². The molecule has 0 fully saturated rings. The maximum atomic E-state index is 5.40. The molecule has 2 aliphatic rings. The van der Waals surface area contributed by atoms with Crippen molar-refractivity contribution in [1.29, 1.82) is 0 Å². The maximum Gasteiger partial charge on any atom is 0.276 e. The van der Waals surface area contributed by atoms with Gasteiger partial charge in [0.25, 0.3) is 5.89 Å². The highest BCUT2D eigenvalue weighted by molar-refractivity contribution is 6.28. The first-order valence-corrected chi connectivity index (χ1v) is 8.42. The van der Waals surface area contributed by atoms with E-state index >= 15 is 0 Å². The molecule has 0 radical (unpaired) electrons. The smallest absolute Gasteiger partial charge is 0.276 e. The van der Waals surface area contributed by atoms with Gasteiger partial charge in [-0.3, -0.25) is 0 Å². The van der Waals surface area contributed by atoms with Gasteiger partial charge in [-0.05, 0) is 37.1 Å². The molecule has 0 unspecified atom stereocenters. The SMILES string of the molecule is CCc1noc(C2=Nc3cc4c(c(C)c3=C2C)N=c2ccccc2=4)n1. The number of benzene rings is 2. The van der Waals surface area contributed by atoms with E-state index in [2.05, 4.69) is 42.2 Å². The molecule has 0 bridgehead atoms. The van der Waals surface area contributed by atoms with Crippen LogP contribution in [0.1, 0.15) is 31.1 Å². The number of hydrogen-bond acceptors (Lipinski definition) is 5. The number of aryl methyl sites for hydroxylation is 1. The van der Waals surface area contributed by atoms with Gasteiger partial charge < -0.3 is 4.52 Å². The van der Waals surface area contributed by atoms with Crippen molar-refractivity contribution in [1.82, 2.24) is 10.1 Å². The van der Waals surface area contributed by atoms with Crippen molar-refractivity contribution in [2.24, 2.45) is 9.98 Å². The standard InChI is InChI=1S/C20H16N4O/c1-4-16-23-20(25-24-16)19-11(3)17-10(2)18-13(9-15(17)22-19)12-7-5-6-8-14(12)21-18/h5-9H,4H2,1-3H3. The lowest BCUT2D eigenvalue weighted by Crippen LogP contribution is -2.11. The number of aromatic nitrogens is 2. The van der Waals surface area contributed by atoms with E-state index in [1.807, 2.05) is 19.1 Å². The zero-order chi connectivity index (χ0) is 17.1. The first-order valence-electron chi connectivity index (χ1n) is 8.42. The molecule has 0 N–H and O–H groups in total. The van der Waals surface area contributed by atoms with E-state index in [0.29, 0.717) is 11.7 Å². The molecule has 2 aromatic carbocycles. The molecule has 1 aromatic heterocycles. The van der Waals surface area contributed by atoms with E-state index < -0.39 is 0 Å². The molecule has 5 rings (SSSR count). The van der Waals surface area contributed by atoms with Gasteiger partial charge in [0.2, 0.25) is 0 Å². The van der Waals surface area contributed by atoms with Crippen molar-refractivity contribution in [3.8, 4) is 0 Å². The molecule has 3 heterocycles. The Bertz CT molecular complexity index is 1300. The third kappa shape index (κ3) is 1.89. The molecule has 0 spiro atoms. The summed E-state index contributed by atoms with van der Waals surface area (Å²) in [6, 6.07) is 10.4. The van der Waals surface area contributed by atoms with E-state index in [1.54, 1.807) is 0 Å². The maximum absolute atomic E-state index is 5.40. The van der Waals surface area contributed by atoms with Crippen molar-refractivity contribution < 1.29 is 4.52 Å². The lowest BCUT2D eigenvalue weighted by molar-refractivity contribution is 0.405. The molecule has 2 aliphatic heterocycles. The first kappa shape index (κ1) is 14.3. The predicted octanol–water partition coefficient (Wildman–Crippen LogP) is 2.80. The first-order chi connectivity index (χ1) is 12.2. The average Bonchev–Trinajstić information content (AvgIpc) is 3.31. The van der Waals surface area contributed by atoms with Crippen molar-refractivity contribution >= 4 is 22.7 Å². The summed E-state index contributed by atoms with van der Waals surface area (Å²) in [4.78, 5) is 14.1. The quantitative estimate of drug-likeness (QED) is 0.568. The van der Waals surface area contributed by atoms with Crippen LogP contribution in [0, 0.1) is 17.4 Å². The van der Waals surface area contributed by atoms with Gasteiger partial charge in [-0.2, -0.15) is 4.98 Å². The zero-order valence-corrected chi connectivity index (χ0v) is 14.3. The van der Waals surface area contributed by atoms with Crippen molar-refractivity contribution in [2.45, 2.75) is 27.2 Å². The Kier molecular flexibility index (Phi) is 2.83. The normalized spacial score (nSPS) is 14.0. The second-order valence-electron chi connectivity index (χ2n) is 6.38. The Hall–Kier alpha value is -3.08. The third-order valence-corrected chi connectivity index (χ3v) is 4.90. The second-order valence-corrected chi connectivity index (χ2v) is 6.38. The van der Waals surface area contributed by atoms with E-state index in [9.17, 15) is 0 Å². The van der Waals surface area contributed by atoms with Crippen LogP contribution in [0.25, 0.3) is 5.57 Å². The highest BCUT2D eigenvalue weighted by Gasteiger charge is 2.23. The molecular weight excluding hydrogens is 312 g/mol. The number of para-hydroxylation sites is 1.